The summed E-state index contributed by atoms with van der Waals surface area (Å²) in [4.78, 5) is 17.8. The number of anilines is 2. The predicted octanol–water partition coefficient (Wildman–Crippen LogP) is 6.28. The van der Waals surface area contributed by atoms with Crippen LogP contribution < -0.4 is 15.8 Å². The summed E-state index contributed by atoms with van der Waals surface area (Å²) in [5, 5.41) is 4.16. The first kappa shape index (κ1) is 21.1. The maximum absolute atomic E-state index is 13.8. The number of aromatic nitrogens is 1. The Morgan fingerprint density at radius 3 is 2.58 bits per heavy atom. The number of benzene rings is 1. The highest BCUT2D eigenvalue weighted by atomic mass is 32.1. The summed E-state index contributed by atoms with van der Waals surface area (Å²) in [6.07, 6.45) is -4.65. The van der Waals surface area contributed by atoms with Crippen molar-refractivity contribution in [1.82, 2.24) is 4.98 Å². The molecule has 160 valence electrons. The monoisotopic (exact) mass is 463 g/mol. The molecular weight excluding hydrogens is 447 g/mol. The second-order valence-corrected chi connectivity index (χ2v) is 8.41. The van der Waals surface area contributed by atoms with Gasteiger partial charge in [0.2, 0.25) is 0 Å². The normalized spacial score (nSPS) is 11.6. The van der Waals surface area contributed by atoms with Gasteiger partial charge in [-0.3, -0.25) is 4.79 Å². The Hall–Kier alpha value is -3.11. The van der Waals surface area contributed by atoms with Gasteiger partial charge in [-0.15, -0.1) is 22.7 Å². The van der Waals surface area contributed by atoms with E-state index in [1.165, 1.54) is 11.3 Å². The van der Waals surface area contributed by atoms with Crippen LogP contribution in [0.25, 0.3) is 20.8 Å². The number of thiophene rings is 2. The van der Waals surface area contributed by atoms with Gasteiger partial charge in [0.05, 0.1) is 28.4 Å². The van der Waals surface area contributed by atoms with Crippen molar-refractivity contribution in [3.05, 3.63) is 58.3 Å². The number of alkyl halides is 3. The molecule has 3 N–H and O–H groups in total. The molecule has 0 fully saturated rings. The third-order valence-corrected chi connectivity index (χ3v) is 6.40. The van der Waals surface area contributed by atoms with Crippen LogP contribution in [0, 0.1) is 0 Å². The molecule has 3 heterocycles. The van der Waals surface area contributed by atoms with Gasteiger partial charge in [0.15, 0.2) is 0 Å². The molecule has 0 aliphatic carbocycles. The number of nitrogen functional groups attached to an aromatic ring is 1. The van der Waals surface area contributed by atoms with Gasteiger partial charge in [-0.2, -0.15) is 13.2 Å². The lowest BCUT2D eigenvalue weighted by Gasteiger charge is -2.10. The van der Waals surface area contributed by atoms with Crippen LogP contribution >= 0.6 is 22.7 Å². The SMILES string of the molecule is CCOc1ccc(NC(=O)c2sc3nc(-c4cccs4)cc(C(F)(F)F)c3c2N)cc1. The third-order valence-electron chi connectivity index (χ3n) is 4.41. The zero-order valence-corrected chi connectivity index (χ0v) is 17.8. The molecule has 0 spiro atoms. The van der Waals surface area contributed by atoms with Crippen molar-refractivity contribution in [2.45, 2.75) is 13.1 Å². The number of hydrogen-bond donors (Lipinski definition) is 2. The molecule has 0 aliphatic heterocycles. The van der Waals surface area contributed by atoms with Gasteiger partial charge >= 0.3 is 6.18 Å². The number of carbonyl (C=O) groups is 1. The van der Waals surface area contributed by atoms with E-state index in [0.29, 0.717) is 22.9 Å². The van der Waals surface area contributed by atoms with Crippen LogP contribution in [-0.2, 0) is 6.18 Å². The molecule has 10 heteroatoms. The number of ether oxygens (including phenoxy) is 1. The molecule has 0 saturated heterocycles. The molecular formula is C21H16F3N3O2S2. The van der Waals surface area contributed by atoms with E-state index >= 15 is 0 Å². The van der Waals surface area contributed by atoms with Crippen molar-refractivity contribution in [1.29, 1.82) is 0 Å². The maximum atomic E-state index is 13.8. The smallest absolute Gasteiger partial charge is 0.417 e. The van der Waals surface area contributed by atoms with E-state index in [-0.39, 0.29) is 26.5 Å². The summed E-state index contributed by atoms with van der Waals surface area (Å²) in [6.45, 7) is 2.36. The Morgan fingerprint density at radius 1 is 1.23 bits per heavy atom. The van der Waals surface area contributed by atoms with E-state index in [0.717, 1.165) is 17.4 Å². The van der Waals surface area contributed by atoms with Crippen molar-refractivity contribution in [2.75, 3.05) is 17.7 Å². The minimum atomic E-state index is -4.65. The number of nitrogens with one attached hydrogen (secondary N) is 1. The number of carbonyl (C=O) groups excluding carboxylic acids is 1. The number of amides is 1. The van der Waals surface area contributed by atoms with E-state index in [1.807, 2.05) is 6.92 Å². The second-order valence-electron chi connectivity index (χ2n) is 6.47. The number of nitrogens with zero attached hydrogens (tertiary/aromatic N) is 1. The van der Waals surface area contributed by atoms with E-state index in [9.17, 15) is 18.0 Å². The van der Waals surface area contributed by atoms with Gasteiger partial charge in [-0.1, -0.05) is 6.07 Å². The number of fused-ring (bicyclic) bond motifs is 1. The molecule has 5 nitrogen and oxygen atoms in total. The van der Waals surface area contributed by atoms with Crippen molar-refractivity contribution in [3.63, 3.8) is 0 Å². The minimum absolute atomic E-state index is 0.0229. The molecule has 0 atom stereocenters. The number of hydrogen-bond acceptors (Lipinski definition) is 6. The Labute approximate surface area is 183 Å². The summed E-state index contributed by atoms with van der Waals surface area (Å²) in [5.41, 5.74) is 5.53. The Kier molecular flexibility index (Phi) is 5.59. The first-order valence-corrected chi connectivity index (χ1v) is 10.9. The Morgan fingerprint density at radius 2 is 1.97 bits per heavy atom. The van der Waals surface area contributed by atoms with Crippen LogP contribution in [0.15, 0.2) is 47.8 Å². The highest BCUT2D eigenvalue weighted by Crippen LogP contribution is 2.44. The van der Waals surface area contributed by atoms with E-state index < -0.39 is 17.6 Å². The van der Waals surface area contributed by atoms with Crippen LogP contribution in [0.4, 0.5) is 24.5 Å². The summed E-state index contributed by atoms with van der Waals surface area (Å²) in [6, 6.07) is 11.0. The van der Waals surface area contributed by atoms with Crippen LogP contribution in [0.3, 0.4) is 0 Å². The maximum Gasteiger partial charge on any atom is 0.417 e. The van der Waals surface area contributed by atoms with E-state index in [2.05, 4.69) is 10.3 Å². The van der Waals surface area contributed by atoms with Crippen molar-refractivity contribution in [2.24, 2.45) is 0 Å². The predicted molar refractivity (Wildman–Crippen MR) is 118 cm³/mol. The van der Waals surface area contributed by atoms with Crippen molar-refractivity contribution in [3.8, 4) is 16.3 Å². The molecule has 3 aromatic heterocycles. The summed E-state index contributed by atoms with van der Waals surface area (Å²) in [5.74, 6) is 0.0393. The number of halogens is 3. The summed E-state index contributed by atoms with van der Waals surface area (Å²) >= 11 is 2.12. The topological polar surface area (TPSA) is 77.2 Å². The summed E-state index contributed by atoms with van der Waals surface area (Å²) < 4.78 is 46.7. The van der Waals surface area contributed by atoms with Crippen LogP contribution in [-0.4, -0.2) is 17.5 Å². The van der Waals surface area contributed by atoms with Crippen LogP contribution in [0.1, 0.15) is 22.2 Å². The largest absolute Gasteiger partial charge is 0.494 e. The lowest BCUT2D eigenvalue weighted by Crippen LogP contribution is -2.12. The van der Waals surface area contributed by atoms with Crippen molar-refractivity contribution >= 4 is 50.2 Å². The van der Waals surface area contributed by atoms with Gasteiger partial charge in [0.1, 0.15) is 15.5 Å². The van der Waals surface area contributed by atoms with Crippen molar-refractivity contribution < 1.29 is 22.7 Å². The van der Waals surface area contributed by atoms with Gasteiger partial charge < -0.3 is 15.8 Å². The fourth-order valence-electron chi connectivity index (χ4n) is 3.05. The van der Waals surface area contributed by atoms with Gasteiger partial charge in [-0.05, 0) is 48.7 Å². The highest BCUT2D eigenvalue weighted by Gasteiger charge is 2.36. The highest BCUT2D eigenvalue weighted by molar-refractivity contribution is 7.21. The van der Waals surface area contributed by atoms with Gasteiger partial charge in [-0.25, -0.2) is 4.98 Å². The Bertz CT molecular complexity index is 1230. The Balaban J connectivity index is 1.75. The fourth-order valence-corrected chi connectivity index (χ4v) is 4.75. The number of nitrogens with two attached hydrogens (primary N) is 1. The van der Waals surface area contributed by atoms with Crippen LogP contribution in [0.5, 0.6) is 5.75 Å². The first-order valence-electron chi connectivity index (χ1n) is 9.16. The molecule has 0 radical (unpaired) electrons. The molecule has 31 heavy (non-hydrogen) atoms. The molecule has 0 aliphatic rings. The zero-order valence-electron chi connectivity index (χ0n) is 16.1. The second kappa shape index (κ2) is 8.20. The van der Waals surface area contributed by atoms with E-state index in [1.54, 1.807) is 41.8 Å². The van der Waals surface area contributed by atoms with Gasteiger partial charge in [0, 0.05) is 11.1 Å². The third kappa shape index (κ3) is 4.21. The lowest BCUT2D eigenvalue weighted by atomic mass is 10.1. The molecule has 1 aromatic carbocycles. The fraction of sp³-hybridized carbons (Fsp3) is 0.143. The average Bonchev–Trinajstić information content (AvgIpc) is 3.37. The molecule has 4 rings (SSSR count). The van der Waals surface area contributed by atoms with Crippen LogP contribution in [0.2, 0.25) is 0 Å². The molecule has 0 bridgehead atoms. The standard InChI is InChI=1S/C21H16F3N3O2S2/c1-2-29-12-7-5-11(6-8-12)26-19(28)18-17(25)16-13(21(22,23)24)10-14(27-20(16)31-18)15-4-3-9-30-15/h3-10H,2,25H2,1H3,(H,26,28). The molecule has 0 saturated carbocycles. The lowest BCUT2D eigenvalue weighted by molar-refractivity contribution is -0.136. The molecule has 1 amide bonds. The number of rotatable bonds is 5. The minimum Gasteiger partial charge on any atom is -0.494 e. The van der Waals surface area contributed by atoms with Gasteiger partial charge in [0.25, 0.3) is 5.91 Å². The molecule has 4 aromatic rings. The zero-order chi connectivity index (χ0) is 22.2. The summed E-state index contributed by atoms with van der Waals surface area (Å²) in [7, 11) is 0. The first-order chi connectivity index (χ1) is 14.8. The van der Waals surface area contributed by atoms with E-state index in [4.69, 9.17) is 10.5 Å². The average molecular weight is 464 g/mol. The quantitative estimate of drug-likeness (QED) is 0.365. The number of pyridine rings is 1. The molecule has 0 unspecified atom stereocenters.